The van der Waals surface area contributed by atoms with Crippen molar-refractivity contribution in [2.45, 2.75) is 56.5 Å². The van der Waals surface area contributed by atoms with Gasteiger partial charge in [0.1, 0.15) is 5.82 Å². The molecule has 0 saturated heterocycles. The second-order valence-corrected chi connectivity index (χ2v) is 6.63. The predicted molar refractivity (Wildman–Crippen MR) is 89.7 cm³/mol. The van der Waals surface area contributed by atoms with Gasteiger partial charge in [0.2, 0.25) is 5.95 Å². The van der Waals surface area contributed by atoms with Crippen LogP contribution in [0.3, 0.4) is 0 Å². The van der Waals surface area contributed by atoms with E-state index in [-0.39, 0.29) is 0 Å². The van der Waals surface area contributed by atoms with E-state index in [0.717, 1.165) is 37.3 Å². The summed E-state index contributed by atoms with van der Waals surface area (Å²) in [5, 5.41) is 14.0. The number of rotatable bonds is 5. The maximum absolute atomic E-state index is 5.95. The summed E-state index contributed by atoms with van der Waals surface area (Å²) in [6.45, 7) is 0. The van der Waals surface area contributed by atoms with Gasteiger partial charge >= 0.3 is 0 Å². The van der Waals surface area contributed by atoms with Crippen LogP contribution in [0.15, 0.2) is 18.3 Å². The quantitative estimate of drug-likeness (QED) is 0.676. The summed E-state index contributed by atoms with van der Waals surface area (Å²) < 4.78 is 0. The van der Waals surface area contributed by atoms with Crippen molar-refractivity contribution < 1.29 is 0 Å². The highest BCUT2D eigenvalue weighted by molar-refractivity contribution is 5.53. The summed E-state index contributed by atoms with van der Waals surface area (Å²) in [6.07, 6.45) is 8.56. The van der Waals surface area contributed by atoms with Crippen LogP contribution in [0, 0.1) is 0 Å². The van der Waals surface area contributed by atoms with Crippen LogP contribution < -0.4 is 16.4 Å². The lowest BCUT2D eigenvalue weighted by atomic mass is 9.92. The van der Waals surface area contributed by atoms with Gasteiger partial charge in [-0.2, -0.15) is 10.1 Å². The van der Waals surface area contributed by atoms with Crippen LogP contribution in [0.4, 0.5) is 17.6 Å². The summed E-state index contributed by atoms with van der Waals surface area (Å²) >= 11 is 0. The maximum Gasteiger partial charge on any atom is 0.224 e. The third-order valence-corrected chi connectivity index (χ3v) is 4.63. The molecule has 2 heterocycles. The van der Waals surface area contributed by atoms with E-state index in [9.17, 15) is 0 Å². The van der Waals surface area contributed by atoms with Gasteiger partial charge in [-0.25, -0.2) is 4.98 Å². The highest BCUT2D eigenvalue weighted by Crippen LogP contribution is 2.39. The van der Waals surface area contributed by atoms with Gasteiger partial charge in [0.15, 0.2) is 5.82 Å². The number of anilines is 3. The van der Waals surface area contributed by atoms with E-state index in [1.165, 1.54) is 18.5 Å². The molecule has 5 N–H and O–H groups in total. The fourth-order valence-corrected chi connectivity index (χ4v) is 3.08. The minimum absolute atomic E-state index is 0.349. The second-order valence-electron chi connectivity index (χ2n) is 6.63. The van der Waals surface area contributed by atoms with Crippen LogP contribution >= 0.6 is 0 Å². The molecule has 2 aliphatic carbocycles. The molecule has 2 fully saturated rings. The number of H-pyrrole nitrogens is 1. The molecule has 0 aliphatic heterocycles. The molecular formula is C16H23N7. The molecule has 23 heavy (non-hydrogen) atoms. The first-order valence-electron chi connectivity index (χ1n) is 8.44. The fourth-order valence-electron chi connectivity index (χ4n) is 3.08. The Morgan fingerprint density at radius 3 is 2.70 bits per heavy atom. The molecule has 0 amide bonds. The lowest BCUT2D eigenvalue weighted by Crippen LogP contribution is -2.33. The second kappa shape index (κ2) is 6.16. The van der Waals surface area contributed by atoms with E-state index in [4.69, 9.17) is 5.73 Å². The molecule has 0 aromatic carbocycles. The molecule has 2 aromatic heterocycles. The molecule has 0 unspecified atom stereocenters. The Hall–Kier alpha value is -2.15. The molecule has 7 nitrogen and oxygen atoms in total. The fraction of sp³-hybridized carbons (Fsp3) is 0.562. The Bertz CT molecular complexity index is 656. The van der Waals surface area contributed by atoms with Gasteiger partial charge in [-0.3, -0.25) is 5.10 Å². The van der Waals surface area contributed by atoms with Crippen LogP contribution in [0.25, 0.3) is 0 Å². The Morgan fingerprint density at radius 1 is 1.09 bits per heavy atom. The Labute approximate surface area is 135 Å². The molecule has 0 spiro atoms. The SMILES string of the molecule is N[C@H]1CC[C@H](Nc2nccc(Nc3cc(C4CC4)[nH]n3)n2)CC1. The highest BCUT2D eigenvalue weighted by Gasteiger charge is 2.25. The number of nitrogens with one attached hydrogen (secondary N) is 3. The molecule has 2 saturated carbocycles. The maximum atomic E-state index is 5.95. The first-order chi connectivity index (χ1) is 11.3. The first kappa shape index (κ1) is 14.4. The standard InChI is InChI=1S/C16H23N7/c17-11-3-5-12(6-4-11)19-16-18-8-7-14(21-16)20-15-9-13(22-23-15)10-1-2-10/h7-12H,1-6,17H2,(H3,18,19,20,21,22,23)/t11-,12-. The Morgan fingerprint density at radius 2 is 1.91 bits per heavy atom. The minimum atomic E-state index is 0.349. The van der Waals surface area contributed by atoms with Gasteiger partial charge in [-0.15, -0.1) is 0 Å². The summed E-state index contributed by atoms with van der Waals surface area (Å²) in [6, 6.07) is 4.68. The lowest BCUT2D eigenvalue weighted by molar-refractivity contribution is 0.410. The van der Waals surface area contributed by atoms with Crippen LogP contribution in [-0.4, -0.2) is 32.2 Å². The van der Waals surface area contributed by atoms with Gasteiger partial charge in [0.05, 0.1) is 0 Å². The number of nitrogens with zero attached hydrogens (tertiary/aromatic N) is 3. The van der Waals surface area contributed by atoms with E-state index in [0.29, 0.717) is 23.9 Å². The molecule has 2 aromatic rings. The summed E-state index contributed by atoms with van der Waals surface area (Å²) in [4.78, 5) is 8.85. The van der Waals surface area contributed by atoms with Crippen molar-refractivity contribution in [3.05, 3.63) is 24.0 Å². The van der Waals surface area contributed by atoms with Crippen LogP contribution in [-0.2, 0) is 0 Å². The van der Waals surface area contributed by atoms with Gasteiger partial charge in [0.25, 0.3) is 0 Å². The van der Waals surface area contributed by atoms with Crippen molar-refractivity contribution in [2.24, 2.45) is 5.73 Å². The third kappa shape index (κ3) is 3.61. The molecule has 122 valence electrons. The van der Waals surface area contributed by atoms with Crippen molar-refractivity contribution >= 4 is 17.6 Å². The predicted octanol–water partition coefficient (Wildman–Crippen LogP) is 2.50. The van der Waals surface area contributed by atoms with Gasteiger partial charge in [0, 0.05) is 36.0 Å². The summed E-state index contributed by atoms with van der Waals surface area (Å²) in [7, 11) is 0. The van der Waals surface area contributed by atoms with E-state index in [1.807, 2.05) is 6.07 Å². The Kier molecular flexibility index (Phi) is 3.87. The number of aromatic nitrogens is 4. The zero-order chi connectivity index (χ0) is 15.6. The molecule has 0 bridgehead atoms. The normalized spacial score (nSPS) is 24.4. The third-order valence-electron chi connectivity index (χ3n) is 4.63. The van der Waals surface area contributed by atoms with Crippen molar-refractivity contribution in [1.29, 1.82) is 0 Å². The highest BCUT2D eigenvalue weighted by atomic mass is 15.2. The van der Waals surface area contributed by atoms with Crippen LogP contribution in [0.1, 0.15) is 50.1 Å². The summed E-state index contributed by atoms with van der Waals surface area (Å²) in [5.41, 5.74) is 7.16. The summed E-state index contributed by atoms with van der Waals surface area (Å²) in [5.74, 6) is 2.89. The smallest absolute Gasteiger partial charge is 0.224 e. The zero-order valence-electron chi connectivity index (χ0n) is 13.1. The topological polar surface area (TPSA) is 105 Å². The van der Waals surface area contributed by atoms with Gasteiger partial charge in [-0.05, 0) is 44.6 Å². The average Bonchev–Trinajstić information content (AvgIpc) is 3.30. The molecule has 2 aliphatic rings. The monoisotopic (exact) mass is 313 g/mol. The number of hydrogen-bond acceptors (Lipinski definition) is 6. The van der Waals surface area contributed by atoms with Crippen molar-refractivity contribution in [3.63, 3.8) is 0 Å². The average molecular weight is 313 g/mol. The van der Waals surface area contributed by atoms with Crippen molar-refractivity contribution in [3.8, 4) is 0 Å². The van der Waals surface area contributed by atoms with E-state index in [2.05, 4.69) is 36.9 Å². The number of nitrogens with two attached hydrogens (primary N) is 1. The van der Waals surface area contributed by atoms with Crippen molar-refractivity contribution in [1.82, 2.24) is 20.2 Å². The largest absolute Gasteiger partial charge is 0.351 e. The van der Waals surface area contributed by atoms with Gasteiger partial charge in [-0.1, -0.05) is 0 Å². The number of aromatic amines is 1. The molecule has 0 radical (unpaired) electrons. The molecular weight excluding hydrogens is 290 g/mol. The van der Waals surface area contributed by atoms with E-state index >= 15 is 0 Å². The van der Waals surface area contributed by atoms with E-state index in [1.54, 1.807) is 6.20 Å². The number of hydrogen-bond donors (Lipinski definition) is 4. The molecule has 0 atom stereocenters. The Balaban J connectivity index is 1.39. The zero-order valence-corrected chi connectivity index (χ0v) is 13.1. The van der Waals surface area contributed by atoms with Crippen LogP contribution in [0.2, 0.25) is 0 Å². The van der Waals surface area contributed by atoms with Crippen LogP contribution in [0.5, 0.6) is 0 Å². The van der Waals surface area contributed by atoms with Crippen molar-refractivity contribution in [2.75, 3.05) is 10.6 Å². The van der Waals surface area contributed by atoms with E-state index < -0.39 is 0 Å². The first-order valence-corrected chi connectivity index (χ1v) is 8.44. The molecule has 4 rings (SSSR count). The minimum Gasteiger partial charge on any atom is -0.351 e. The van der Waals surface area contributed by atoms with Gasteiger partial charge < -0.3 is 16.4 Å². The molecule has 7 heteroatoms. The lowest BCUT2D eigenvalue weighted by Gasteiger charge is -2.26.